The minimum atomic E-state index is -0.0508. The number of amides is 1. The SMILES string of the molecule is CC(N)C1CCCCN1C(=O)c1cc(Cl)sc1Cl. The lowest BCUT2D eigenvalue weighted by atomic mass is 9.96. The Morgan fingerprint density at radius 3 is 2.83 bits per heavy atom. The van der Waals surface area contributed by atoms with Gasteiger partial charge >= 0.3 is 0 Å². The molecule has 0 radical (unpaired) electrons. The topological polar surface area (TPSA) is 46.3 Å². The molecule has 1 aromatic heterocycles. The Kier molecular flexibility index (Phi) is 4.54. The van der Waals surface area contributed by atoms with E-state index in [1.165, 1.54) is 11.3 Å². The Morgan fingerprint density at radius 2 is 2.28 bits per heavy atom. The summed E-state index contributed by atoms with van der Waals surface area (Å²) in [6.07, 6.45) is 3.09. The van der Waals surface area contributed by atoms with E-state index in [1.807, 2.05) is 11.8 Å². The normalized spacial score (nSPS) is 22.0. The molecule has 0 aliphatic carbocycles. The second-order valence-electron chi connectivity index (χ2n) is 4.66. The first-order valence-corrected chi connectivity index (χ1v) is 7.59. The summed E-state index contributed by atoms with van der Waals surface area (Å²) in [5.41, 5.74) is 6.47. The maximum Gasteiger partial charge on any atom is 0.256 e. The second-order valence-corrected chi connectivity index (χ2v) is 6.94. The molecule has 6 heteroatoms. The van der Waals surface area contributed by atoms with Gasteiger partial charge in [-0.25, -0.2) is 0 Å². The van der Waals surface area contributed by atoms with Crippen molar-refractivity contribution in [3.8, 4) is 0 Å². The largest absolute Gasteiger partial charge is 0.334 e. The zero-order valence-corrected chi connectivity index (χ0v) is 12.5. The smallest absolute Gasteiger partial charge is 0.256 e. The van der Waals surface area contributed by atoms with Crippen molar-refractivity contribution in [1.82, 2.24) is 4.90 Å². The van der Waals surface area contributed by atoms with E-state index in [1.54, 1.807) is 6.07 Å². The number of halogens is 2. The summed E-state index contributed by atoms with van der Waals surface area (Å²) >= 11 is 13.2. The first kappa shape index (κ1) is 14.1. The molecule has 100 valence electrons. The van der Waals surface area contributed by atoms with Crippen LogP contribution in [0.1, 0.15) is 36.5 Å². The van der Waals surface area contributed by atoms with Crippen LogP contribution in [0.5, 0.6) is 0 Å². The van der Waals surface area contributed by atoms with E-state index in [0.29, 0.717) is 14.2 Å². The number of thiophene rings is 1. The summed E-state index contributed by atoms with van der Waals surface area (Å²) in [5.74, 6) is -0.0508. The first-order chi connectivity index (χ1) is 8.50. The average Bonchev–Trinajstić information content (AvgIpc) is 2.67. The highest BCUT2D eigenvalue weighted by molar-refractivity contribution is 7.20. The molecule has 2 heterocycles. The van der Waals surface area contributed by atoms with Crippen molar-refractivity contribution < 1.29 is 4.79 Å². The number of hydrogen-bond donors (Lipinski definition) is 1. The average molecular weight is 307 g/mol. The number of piperidine rings is 1. The van der Waals surface area contributed by atoms with Crippen molar-refractivity contribution >= 4 is 40.4 Å². The van der Waals surface area contributed by atoms with E-state index >= 15 is 0 Å². The van der Waals surface area contributed by atoms with E-state index in [4.69, 9.17) is 28.9 Å². The minimum absolute atomic E-state index is 0.0258. The van der Waals surface area contributed by atoms with Gasteiger partial charge in [0.15, 0.2) is 0 Å². The summed E-state index contributed by atoms with van der Waals surface area (Å²) in [7, 11) is 0. The van der Waals surface area contributed by atoms with Gasteiger partial charge in [-0.15, -0.1) is 11.3 Å². The van der Waals surface area contributed by atoms with E-state index in [2.05, 4.69) is 0 Å². The zero-order valence-electron chi connectivity index (χ0n) is 10.2. The highest BCUT2D eigenvalue weighted by atomic mass is 35.5. The van der Waals surface area contributed by atoms with Gasteiger partial charge < -0.3 is 10.6 Å². The number of carbonyl (C=O) groups excluding carboxylic acids is 1. The molecule has 1 aromatic rings. The van der Waals surface area contributed by atoms with Crippen molar-refractivity contribution in [3.05, 3.63) is 20.3 Å². The van der Waals surface area contributed by atoms with Gasteiger partial charge in [0.2, 0.25) is 0 Å². The number of nitrogens with two attached hydrogens (primary N) is 1. The van der Waals surface area contributed by atoms with E-state index in [-0.39, 0.29) is 18.0 Å². The summed E-state index contributed by atoms with van der Waals surface area (Å²) < 4.78 is 0.997. The van der Waals surface area contributed by atoms with Crippen molar-refractivity contribution in [2.24, 2.45) is 5.73 Å². The van der Waals surface area contributed by atoms with Crippen LogP contribution in [0.25, 0.3) is 0 Å². The molecule has 1 aliphatic rings. The highest BCUT2D eigenvalue weighted by Crippen LogP contribution is 2.33. The monoisotopic (exact) mass is 306 g/mol. The molecule has 0 aromatic carbocycles. The Bertz CT molecular complexity index is 447. The third-order valence-electron chi connectivity index (χ3n) is 3.30. The molecule has 1 fully saturated rings. The predicted molar refractivity (Wildman–Crippen MR) is 76.7 cm³/mol. The summed E-state index contributed by atoms with van der Waals surface area (Å²) in [6, 6.07) is 1.71. The maximum absolute atomic E-state index is 12.5. The van der Waals surface area contributed by atoms with Gasteiger partial charge in [0.05, 0.1) is 9.90 Å². The molecular weight excluding hydrogens is 291 g/mol. The van der Waals surface area contributed by atoms with Crippen LogP contribution in [0.15, 0.2) is 6.07 Å². The fourth-order valence-electron chi connectivity index (χ4n) is 2.40. The Labute approximate surface area is 121 Å². The van der Waals surface area contributed by atoms with Gasteiger partial charge in [-0.3, -0.25) is 4.79 Å². The van der Waals surface area contributed by atoms with Gasteiger partial charge in [0.1, 0.15) is 4.34 Å². The lowest BCUT2D eigenvalue weighted by Crippen LogP contribution is -2.51. The van der Waals surface area contributed by atoms with Crippen molar-refractivity contribution in [3.63, 3.8) is 0 Å². The van der Waals surface area contributed by atoms with Crippen LogP contribution >= 0.6 is 34.5 Å². The molecule has 0 spiro atoms. The summed E-state index contributed by atoms with van der Waals surface area (Å²) in [5, 5.41) is 0. The lowest BCUT2D eigenvalue weighted by Gasteiger charge is -2.38. The van der Waals surface area contributed by atoms with Gasteiger partial charge in [-0.05, 0) is 32.3 Å². The lowest BCUT2D eigenvalue weighted by molar-refractivity contribution is 0.0584. The maximum atomic E-state index is 12.5. The summed E-state index contributed by atoms with van der Waals surface area (Å²) in [6.45, 7) is 2.69. The summed E-state index contributed by atoms with van der Waals surface area (Å²) in [4.78, 5) is 14.3. The number of likely N-dealkylation sites (tertiary alicyclic amines) is 1. The van der Waals surface area contributed by atoms with Crippen molar-refractivity contribution in [2.45, 2.75) is 38.3 Å². The molecule has 0 saturated carbocycles. The molecule has 1 saturated heterocycles. The third-order valence-corrected chi connectivity index (χ3v) is 4.79. The molecule has 0 bridgehead atoms. The highest BCUT2D eigenvalue weighted by Gasteiger charge is 2.31. The van der Waals surface area contributed by atoms with Crippen LogP contribution < -0.4 is 5.73 Å². The molecule has 2 atom stereocenters. The third kappa shape index (κ3) is 2.82. The Balaban J connectivity index is 2.23. The quantitative estimate of drug-likeness (QED) is 0.910. The van der Waals surface area contributed by atoms with Crippen LogP contribution in [0, 0.1) is 0 Å². The van der Waals surface area contributed by atoms with Gasteiger partial charge in [-0.1, -0.05) is 23.2 Å². The molecule has 1 aliphatic heterocycles. The fourth-order valence-corrected chi connectivity index (χ4v) is 3.84. The number of rotatable bonds is 2. The molecule has 18 heavy (non-hydrogen) atoms. The van der Waals surface area contributed by atoms with Crippen LogP contribution in [0.2, 0.25) is 8.67 Å². The Hall–Kier alpha value is -0.290. The van der Waals surface area contributed by atoms with Crippen LogP contribution in [-0.2, 0) is 0 Å². The molecule has 1 amide bonds. The molecule has 2 N–H and O–H groups in total. The van der Waals surface area contributed by atoms with Crippen LogP contribution in [-0.4, -0.2) is 29.4 Å². The first-order valence-electron chi connectivity index (χ1n) is 6.02. The van der Waals surface area contributed by atoms with E-state index in [9.17, 15) is 4.79 Å². The fraction of sp³-hybridized carbons (Fsp3) is 0.583. The van der Waals surface area contributed by atoms with Crippen molar-refractivity contribution in [2.75, 3.05) is 6.54 Å². The molecular formula is C12H16Cl2N2OS. The van der Waals surface area contributed by atoms with Gasteiger partial charge in [-0.2, -0.15) is 0 Å². The van der Waals surface area contributed by atoms with Gasteiger partial charge in [0, 0.05) is 18.6 Å². The predicted octanol–water partition coefficient (Wildman–Crippen LogP) is 3.40. The van der Waals surface area contributed by atoms with E-state index in [0.717, 1.165) is 25.8 Å². The minimum Gasteiger partial charge on any atom is -0.334 e. The van der Waals surface area contributed by atoms with Gasteiger partial charge in [0.25, 0.3) is 5.91 Å². The van der Waals surface area contributed by atoms with Crippen LogP contribution in [0.4, 0.5) is 0 Å². The standard InChI is InChI=1S/C12H16Cl2N2OS/c1-7(15)9-4-2-3-5-16(9)12(17)8-6-10(13)18-11(8)14/h6-7,9H,2-5,15H2,1H3. The Morgan fingerprint density at radius 1 is 1.56 bits per heavy atom. The zero-order chi connectivity index (χ0) is 13.3. The van der Waals surface area contributed by atoms with E-state index < -0.39 is 0 Å². The second kappa shape index (κ2) is 5.78. The molecule has 3 nitrogen and oxygen atoms in total. The molecule has 2 unspecified atom stereocenters. The number of carbonyl (C=O) groups is 1. The van der Waals surface area contributed by atoms with Crippen molar-refractivity contribution in [1.29, 1.82) is 0 Å². The number of nitrogens with zero attached hydrogens (tertiary/aromatic N) is 1. The molecule has 2 rings (SSSR count). The number of hydrogen-bond acceptors (Lipinski definition) is 3. The van der Waals surface area contributed by atoms with Crippen LogP contribution in [0.3, 0.4) is 0 Å².